The van der Waals surface area contributed by atoms with Gasteiger partial charge in [-0.1, -0.05) is 73.7 Å². The van der Waals surface area contributed by atoms with Crippen LogP contribution in [0.3, 0.4) is 0 Å². The minimum Gasteiger partial charge on any atom is -0.0905 e. The second kappa shape index (κ2) is 3.81. The summed E-state index contributed by atoms with van der Waals surface area (Å²) in [5.74, 6) is 2.32. The summed E-state index contributed by atoms with van der Waals surface area (Å²) in [6.07, 6.45) is 4.55. The summed E-state index contributed by atoms with van der Waals surface area (Å²) in [6.45, 7) is 14.0. The molecule has 0 nitrogen and oxygen atoms in total. The predicted molar refractivity (Wildman–Crippen MR) is 68.2 cm³/mol. The van der Waals surface area contributed by atoms with Gasteiger partial charge in [-0.3, -0.25) is 0 Å². The molecule has 0 fully saturated rings. The Labute approximate surface area is 90.6 Å². The van der Waals surface area contributed by atoms with E-state index in [1.54, 1.807) is 5.57 Å². The highest BCUT2D eigenvalue weighted by atomic mass is 31.1. The van der Waals surface area contributed by atoms with Gasteiger partial charge < -0.3 is 0 Å². The van der Waals surface area contributed by atoms with Crippen molar-refractivity contribution in [2.75, 3.05) is 0 Å². The summed E-state index contributed by atoms with van der Waals surface area (Å²) < 4.78 is 0. The van der Waals surface area contributed by atoms with Gasteiger partial charge >= 0.3 is 0 Å². The van der Waals surface area contributed by atoms with Gasteiger partial charge in [-0.2, -0.15) is 0 Å². The summed E-state index contributed by atoms with van der Waals surface area (Å²) in [7, 11) is 0.949. The topological polar surface area (TPSA) is 0 Å². The fourth-order valence-electron chi connectivity index (χ4n) is 1.89. The van der Waals surface area contributed by atoms with Crippen LogP contribution in [-0.4, -0.2) is 5.66 Å². The molecule has 1 heteroatoms. The molecule has 0 amide bonds. The van der Waals surface area contributed by atoms with E-state index in [4.69, 9.17) is 0 Å². The second-order valence-corrected chi connectivity index (χ2v) is 7.44. The highest BCUT2D eigenvalue weighted by molar-refractivity contribution is 7.43. The van der Waals surface area contributed by atoms with Crippen LogP contribution < -0.4 is 0 Å². The number of rotatable bonds is 0. The minimum absolute atomic E-state index is 0.315. The standard InChI is InChI=1S/C13H23P/c1-12(2,3)10-8-7-9-14-11(10)13(4,5)6/h7-9,11,14H,1-6H3. The van der Waals surface area contributed by atoms with Gasteiger partial charge in [0.05, 0.1) is 0 Å². The Kier molecular flexibility index (Phi) is 3.26. The molecule has 0 aromatic carbocycles. The van der Waals surface area contributed by atoms with E-state index in [-0.39, 0.29) is 0 Å². The molecule has 14 heavy (non-hydrogen) atoms. The molecule has 1 aliphatic heterocycles. The third-order valence-electron chi connectivity index (χ3n) is 2.68. The van der Waals surface area contributed by atoms with Crippen molar-refractivity contribution < 1.29 is 0 Å². The molecule has 1 heterocycles. The highest BCUT2D eigenvalue weighted by Crippen LogP contribution is 2.48. The highest BCUT2D eigenvalue weighted by Gasteiger charge is 2.33. The minimum atomic E-state index is 0.315. The van der Waals surface area contributed by atoms with Crippen LogP contribution in [0.25, 0.3) is 0 Å². The van der Waals surface area contributed by atoms with E-state index in [2.05, 4.69) is 59.5 Å². The van der Waals surface area contributed by atoms with Gasteiger partial charge in [0, 0.05) is 5.66 Å². The van der Waals surface area contributed by atoms with E-state index in [1.165, 1.54) is 0 Å². The Morgan fingerprint density at radius 2 is 1.64 bits per heavy atom. The summed E-state index contributed by atoms with van der Waals surface area (Å²) in [5.41, 5.74) is 3.05. The molecule has 0 spiro atoms. The molecular formula is C13H23P. The average Bonchev–Trinajstić information content (AvgIpc) is 2.01. The van der Waals surface area contributed by atoms with Gasteiger partial charge in [0.25, 0.3) is 0 Å². The first-order valence-corrected chi connectivity index (χ1v) is 6.51. The summed E-state index contributed by atoms with van der Waals surface area (Å²) in [6, 6.07) is 0. The summed E-state index contributed by atoms with van der Waals surface area (Å²) in [5, 5.41) is 0. The van der Waals surface area contributed by atoms with Crippen LogP contribution in [0.4, 0.5) is 0 Å². The zero-order valence-electron chi connectivity index (χ0n) is 10.3. The van der Waals surface area contributed by atoms with E-state index in [1.807, 2.05) is 0 Å². The van der Waals surface area contributed by atoms with Gasteiger partial charge in [0.15, 0.2) is 0 Å². The van der Waals surface area contributed by atoms with Crippen molar-refractivity contribution in [1.29, 1.82) is 0 Å². The first-order chi connectivity index (χ1) is 6.23. The molecule has 0 aromatic heterocycles. The quantitative estimate of drug-likeness (QED) is 0.513. The van der Waals surface area contributed by atoms with Crippen LogP contribution >= 0.6 is 8.58 Å². The fourth-order valence-corrected chi connectivity index (χ4v) is 3.50. The maximum atomic E-state index is 2.35. The molecule has 80 valence electrons. The normalized spacial score (nSPS) is 25.3. The summed E-state index contributed by atoms with van der Waals surface area (Å²) in [4.78, 5) is 0. The van der Waals surface area contributed by atoms with Gasteiger partial charge in [-0.05, 0) is 10.8 Å². The van der Waals surface area contributed by atoms with Crippen LogP contribution in [0, 0.1) is 10.8 Å². The maximum absolute atomic E-state index is 2.35. The molecule has 1 rings (SSSR count). The molecule has 0 aliphatic carbocycles. The number of allylic oxidation sites excluding steroid dienone is 3. The van der Waals surface area contributed by atoms with Crippen molar-refractivity contribution in [2.45, 2.75) is 47.2 Å². The number of hydrogen-bond donors (Lipinski definition) is 0. The lowest BCUT2D eigenvalue weighted by molar-refractivity contribution is 0.368. The lowest BCUT2D eigenvalue weighted by atomic mass is 9.76. The third kappa shape index (κ3) is 2.70. The van der Waals surface area contributed by atoms with Crippen molar-refractivity contribution in [2.24, 2.45) is 10.8 Å². The van der Waals surface area contributed by atoms with E-state index < -0.39 is 0 Å². The Balaban J connectivity index is 3.00. The Hall–Kier alpha value is -0.0900. The molecule has 1 aliphatic rings. The van der Waals surface area contributed by atoms with Gasteiger partial charge in [0.1, 0.15) is 0 Å². The first kappa shape index (κ1) is 12.0. The molecule has 0 N–H and O–H groups in total. The first-order valence-electron chi connectivity index (χ1n) is 5.36. The molecule has 0 aromatic rings. The molecule has 0 radical (unpaired) electrons. The van der Waals surface area contributed by atoms with Crippen molar-refractivity contribution in [1.82, 2.24) is 0 Å². The van der Waals surface area contributed by atoms with Crippen LogP contribution in [0.5, 0.6) is 0 Å². The van der Waals surface area contributed by atoms with Crippen molar-refractivity contribution >= 4 is 8.58 Å². The zero-order chi connectivity index (χ0) is 11.0. The SMILES string of the molecule is CC(C)(C)C1=CC=CPC1C(C)(C)C. The van der Waals surface area contributed by atoms with Crippen LogP contribution in [0.15, 0.2) is 23.5 Å². The zero-order valence-corrected chi connectivity index (χ0v) is 11.3. The summed E-state index contributed by atoms with van der Waals surface area (Å²) >= 11 is 0. The lowest BCUT2D eigenvalue weighted by Crippen LogP contribution is -2.30. The average molecular weight is 210 g/mol. The molecule has 2 unspecified atom stereocenters. The Morgan fingerprint density at radius 3 is 2.00 bits per heavy atom. The largest absolute Gasteiger partial charge is 0.0905 e. The van der Waals surface area contributed by atoms with Crippen LogP contribution in [0.2, 0.25) is 0 Å². The molecule has 0 saturated carbocycles. The van der Waals surface area contributed by atoms with Gasteiger partial charge in [-0.15, -0.1) is 0 Å². The van der Waals surface area contributed by atoms with E-state index in [0.29, 0.717) is 10.8 Å². The number of hydrogen-bond acceptors (Lipinski definition) is 0. The van der Waals surface area contributed by atoms with E-state index in [0.717, 1.165) is 14.2 Å². The molecule has 0 bridgehead atoms. The van der Waals surface area contributed by atoms with E-state index in [9.17, 15) is 0 Å². The van der Waals surface area contributed by atoms with Crippen molar-refractivity contribution in [3.8, 4) is 0 Å². The smallest absolute Gasteiger partial charge is 0.00647 e. The molecular weight excluding hydrogens is 187 g/mol. The van der Waals surface area contributed by atoms with Crippen LogP contribution in [0.1, 0.15) is 41.5 Å². The monoisotopic (exact) mass is 210 g/mol. The van der Waals surface area contributed by atoms with Crippen LogP contribution in [-0.2, 0) is 0 Å². The van der Waals surface area contributed by atoms with Crippen molar-refractivity contribution in [3.05, 3.63) is 23.5 Å². The van der Waals surface area contributed by atoms with Gasteiger partial charge in [0.2, 0.25) is 0 Å². The maximum Gasteiger partial charge on any atom is 0.00647 e. The molecule has 0 saturated heterocycles. The van der Waals surface area contributed by atoms with Gasteiger partial charge in [-0.25, -0.2) is 0 Å². The fraction of sp³-hybridized carbons (Fsp3) is 0.692. The Morgan fingerprint density at radius 1 is 1.07 bits per heavy atom. The predicted octanol–water partition coefficient (Wildman–Crippen LogP) is 4.58. The second-order valence-electron chi connectivity index (χ2n) is 6.20. The Bertz CT molecular complexity index is 258. The molecule has 2 atom stereocenters. The lowest BCUT2D eigenvalue weighted by Gasteiger charge is -2.39. The van der Waals surface area contributed by atoms with E-state index >= 15 is 0 Å². The van der Waals surface area contributed by atoms with Crippen molar-refractivity contribution in [3.63, 3.8) is 0 Å². The third-order valence-corrected chi connectivity index (χ3v) is 4.57.